The number of aromatic nitrogens is 1. The molecule has 18 heavy (non-hydrogen) atoms. The molecule has 0 amide bonds. The summed E-state index contributed by atoms with van der Waals surface area (Å²) in [5, 5.41) is 11.6. The van der Waals surface area contributed by atoms with Gasteiger partial charge in [0.25, 0.3) is 0 Å². The summed E-state index contributed by atoms with van der Waals surface area (Å²) in [6.45, 7) is 1.69. The van der Waals surface area contributed by atoms with Crippen LogP contribution in [-0.2, 0) is 0 Å². The average molecular weight is 242 g/mol. The Balaban J connectivity index is 2.29. The summed E-state index contributed by atoms with van der Waals surface area (Å²) in [6, 6.07) is 8.23. The molecule has 0 bridgehead atoms. The van der Waals surface area contributed by atoms with Gasteiger partial charge in [-0.25, -0.2) is 9.37 Å². The van der Waals surface area contributed by atoms with E-state index in [1.54, 1.807) is 19.1 Å². The molecule has 0 saturated heterocycles. The summed E-state index contributed by atoms with van der Waals surface area (Å²) >= 11 is 0. The fourth-order valence-corrected chi connectivity index (χ4v) is 1.45. The molecule has 2 aromatic rings. The lowest BCUT2D eigenvalue weighted by Crippen LogP contribution is -2.00. The topological polar surface area (TPSA) is 74.7 Å². The number of hydrogen-bond donors (Lipinski definition) is 2. The van der Waals surface area contributed by atoms with Gasteiger partial charge in [-0.05, 0) is 30.7 Å². The Bertz CT molecular complexity index is 631. The van der Waals surface area contributed by atoms with Crippen molar-refractivity contribution in [3.63, 3.8) is 0 Å². The van der Waals surface area contributed by atoms with Gasteiger partial charge in [-0.2, -0.15) is 5.26 Å². The number of rotatable bonds is 2. The maximum atomic E-state index is 13.4. The second kappa shape index (κ2) is 4.72. The molecule has 0 aliphatic carbocycles. The van der Waals surface area contributed by atoms with Gasteiger partial charge < -0.3 is 11.1 Å². The number of nitrogens with two attached hydrogens (primary N) is 1. The molecule has 0 fully saturated rings. The van der Waals surface area contributed by atoms with E-state index in [1.165, 1.54) is 18.3 Å². The Kier molecular flexibility index (Phi) is 3.11. The van der Waals surface area contributed by atoms with Crippen molar-refractivity contribution >= 4 is 17.2 Å². The summed E-state index contributed by atoms with van der Waals surface area (Å²) in [7, 11) is 0. The van der Waals surface area contributed by atoms with Gasteiger partial charge in [0.05, 0.1) is 11.3 Å². The molecule has 3 N–H and O–H groups in total. The smallest absolute Gasteiger partial charge is 0.153 e. The fourth-order valence-electron chi connectivity index (χ4n) is 1.45. The first-order valence-corrected chi connectivity index (χ1v) is 5.29. The highest BCUT2D eigenvalue weighted by Gasteiger charge is 2.04. The number of halogens is 1. The minimum Gasteiger partial charge on any atom is -0.396 e. The summed E-state index contributed by atoms with van der Waals surface area (Å²) in [5.41, 5.74) is 7.60. The Morgan fingerprint density at radius 1 is 1.39 bits per heavy atom. The van der Waals surface area contributed by atoms with Crippen molar-refractivity contribution in [1.82, 2.24) is 4.98 Å². The molecule has 5 heteroatoms. The van der Waals surface area contributed by atoms with Crippen molar-refractivity contribution in [1.29, 1.82) is 5.26 Å². The van der Waals surface area contributed by atoms with E-state index in [2.05, 4.69) is 10.3 Å². The van der Waals surface area contributed by atoms with Gasteiger partial charge in [0.15, 0.2) is 5.82 Å². The molecule has 4 nitrogen and oxygen atoms in total. The molecule has 1 heterocycles. The third-order valence-electron chi connectivity index (χ3n) is 2.48. The summed E-state index contributed by atoms with van der Waals surface area (Å²) in [5.74, 6) is 0.101. The minimum atomic E-state index is -0.299. The van der Waals surface area contributed by atoms with E-state index in [4.69, 9.17) is 11.0 Å². The van der Waals surface area contributed by atoms with E-state index in [1.807, 2.05) is 6.07 Å². The van der Waals surface area contributed by atoms with E-state index < -0.39 is 0 Å². The summed E-state index contributed by atoms with van der Waals surface area (Å²) in [4.78, 5) is 4.02. The van der Waals surface area contributed by atoms with Crippen LogP contribution < -0.4 is 11.1 Å². The number of anilines is 3. The zero-order valence-electron chi connectivity index (χ0n) is 9.74. The van der Waals surface area contributed by atoms with Gasteiger partial charge in [0.1, 0.15) is 11.9 Å². The van der Waals surface area contributed by atoms with Crippen LogP contribution in [0.4, 0.5) is 21.6 Å². The lowest BCUT2D eigenvalue weighted by molar-refractivity contribution is 0.619. The Morgan fingerprint density at radius 3 is 2.78 bits per heavy atom. The van der Waals surface area contributed by atoms with Gasteiger partial charge in [-0.3, -0.25) is 0 Å². The van der Waals surface area contributed by atoms with Crippen LogP contribution in [0.15, 0.2) is 30.5 Å². The van der Waals surface area contributed by atoms with Gasteiger partial charge in [-0.15, -0.1) is 0 Å². The molecule has 0 unspecified atom stereocenters. The largest absolute Gasteiger partial charge is 0.396 e. The van der Waals surface area contributed by atoms with Crippen LogP contribution in [0.25, 0.3) is 0 Å². The van der Waals surface area contributed by atoms with Crippen molar-refractivity contribution in [3.8, 4) is 6.07 Å². The van der Waals surface area contributed by atoms with Crippen LogP contribution in [0.5, 0.6) is 0 Å². The lowest BCUT2D eigenvalue weighted by atomic mass is 10.2. The first-order valence-electron chi connectivity index (χ1n) is 5.29. The molecule has 0 aliphatic rings. The van der Waals surface area contributed by atoms with Crippen LogP contribution in [0.2, 0.25) is 0 Å². The molecular weight excluding hydrogens is 231 g/mol. The maximum Gasteiger partial charge on any atom is 0.153 e. The van der Waals surface area contributed by atoms with Gasteiger partial charge in [0, 0.05) is 11.9 Å². The van der Waals surface area contributed by atoms with Crippen LogP contribution in [0.3, 0.4) is 0 Å². The number of hydrogen-bond acceptors (Lipinski definition) is 4. The molecule has 2 rings (SSSR count). The molecule has 0 spiro atoms. The third kappa shape index (κ3) is 2.38. The van der Waals surface area contributed by atoms with E-state index in [0.717, 1.165) is 0 Å². The summed E-state index contributed by atoms with van der Waals surface area (Å²) in [6.07, 6.45) is 1.41. The number of benzene rings is 1. The maximum absolute atomic E-state index is 13.4. The number of nitriles is 1. The number of aryl methyl sites for hydroxylation is 1. The second-order valence-corrected chi connectivity index (χ2v) is 3.86. The Labute approximate surface area is 104 Å². The van der Waals surface area contributed by atoms with Crippen molar-refractivity contribution in [2.24, 2.45) is 0 Å². The molecule has 90 valence electrons. The zero-order valence-corrected chi connectivity index (χ0v) is 9.74. The molecule has 0 atom stereocenters. The second-order valence-electron chi connectivity index (χ2n) is 3.86. The summed E-state index contributed by atoms with van der Waals surface area (Å²) < 4.78 is 13.4. The van der Waals surface area contributed by atoms with E-state index in [0.29, 0.717) is 28.3 Å². The molecule has 0 saturated carbocycles. The van der Waals surface area contributed by atoms with Crippen molar-refractivity contribution < 1.29 is 4.39 Å². The quantitative estimate of drug-likeness (QED) is 0.849. The predicted molar refractivity (Wildman–Crippen MR) is 67.8 cm³/mol. The highest BCUT2D eigenvalue weighted by Crippen LogP contribution is 2.22. The fraction of sp³-hybridized carbons (Fsp3) is 0.0769. The standard InChI is InChI=1S/C13H11FN4/c1-8-2-3-10(5-11(8)14)18-13-12(16)4-9(6-15)7-17-13/h2-5,7H,16H2,1H3,(H,17,18). The normalized spacial score (nSPS) is 9.83. The minimum absolute atomic E-state index is 0.299. The van der Waals surface area contributed by atoms with Crippen molar-refractivity contribution in [2.45, 2.75) is 6.92 Å². The first-order chi connectivity index (χ1) is 8.60. The highest BCUT2D eigenvalue weighted by atomic mass is 19.1. The van der Waals surface area contributed by atoms with Crippen LogP contribution >= 0.6 is 0 Å². The zero-order chi connectivity index (χ0) is 13.1. The molecule has 1 aromatic carbocycles. The van der Waals surface area contributed by atoms with E-state index in [-0.39, 0.29) is 5.82 Å². The monoisotopic (exact) mass is 242 g/mol. The van der Waals surface area contributed by atoms with Crippen LogP contribution in [-0.4, -0.2) is 4.98 Å². The number of pyridine rings is 1. The van der Waals surface area contributed by atoms with Gasteiger partial charge in [0.2, 0.25) is 0 Å². The molecular formula is C13H11FN4. The SMILES string of the molecule is Cc1ccc(Nc2ncc(C#N)cc2N)cc1F. The molecule has 1 aromatic heterocycles. The number of nitrogen functional groups attached to an aromatic ring is 1. The van der Waals surface area contributed by atoms with Crippen LogP contribution in [0, 0.1) is 24.1 Å². The van der Waals surface area contributed by atoms with Crippen molar-refractivity contribution in [2.75, 3.05) is 11.1 Å². The highest BCUT2D eigenvalue weighted by molar-refractivity contribution is 5.69. The van der Waals surface area contributed by atoms with Crippen LogP contribution in [0.1, 0.15) is 11.1 Å². The average Bonchev–Trinajstić information content (AvgIpc) is 2.36. The first kappa shape index (κ1) is 11.9. The number of nitrogens with zero attached hydrogens (tertiary/aromatic N) is 2. The molecule has 0 aliphatic heterocycles. The Morgan fingerprint density at radius 2 is 2.17 bits per heavy atom. The Hall–Kier alpha value is -2.61. The molecule has 0 radical (unpaired) electrons. The third-order valence-corrected chi connectivity index (χ3v) is 2.48. The number of nitrogens with one attached hydrogen (secondary N) is 1. The van der Waals surface area contributed by atoms with Gasteiger partial charge in [-0.1, -0.05) is 6.07 Å². The lowest BCUT2D eigenvalue weighted by Gasteiger charge is -2.09. The van der Waals surface area contributed by atoms with E-state index >= 15 is 0 Å². The van der Waals surface area contributed by atoms with E-state index in [9.17, 15) is 4.39 Å². The van der Waals surface area contributed by atoms with Gasteiger partial charge >= 0.3 is 0 Å². The van der Waals surface area contributed by atoms with Crippen molar-refractivity contribution in [3.05, 3.63) is 47.4 Å². The predicted octanol–water partition coefficient (Wildman–Crippen LogP) is 2.73.